The van der Waals surface area contributed by atoms with Crippen molar-refractivity contribution in [3.05, 3.63) is 0 Å². The normalized spacial score (nSPS) is 17.9. The number of carbonyl (C=O) groups is 11. The number of aliphatic hydroxyl groups is 3. The van der Waals surface area contributed by atoms with Crippen LogP contribution in [0.4, 0.5) is 0 Å². The van der Waals surface area contributed by atoms with Gasteiger partial charge in [-0.25, -0.2) is 4.79 Å². The van der Waals surface area contributed by atoms with Crippen molar-refractivity contribution in [3.63, 3.8) is 0 Å². The van der Waals surface area contributed by atoms with Crippen LogP contribution in [0.2, 0.25) is 0 Å². The van der Waals surface area contributed by atoms with E-state index in [1.807, 2.05) is 0 Å². The molecule has 29 nitrogen and oxygen atoms in total. The van der Waals surface area contributed by atoms with Crippen molar-refractivity contribution >= 4 is 71.1 Å². The number of nitrogens with zero attached hydrogens (tertiary/aromatic N) is 2. The van der Waals surface area contributed by atoms with E-state index in [4.69, 9.17) is 22.9 Å². The maximum Gasteiger partial charge on any atom is 0.326 e. The average molecular weight is 1020 g/mol. The van der Waals surface area contributed by atoms with E-state index in [0.29, 0.717) is 6.42 Å². The standard InChI is InChI=1S/C42H73N13O16/c1-6-19(3)30(37(66)48-23(10-8-14-47-42(45)46)33(62)49-24(41(70)71)12-13-28(44)59)52-34(63)25(16-29(60)61)50-38(67)31(20(4)7-2)53-35(64)26(18-57)51-39(68)32(21(5)58)54-36(65)27-11-9-15-55(27)40(69)22(43)17-56/h19-27,30-32,56-58H,6-18,43H2,1-5H3,(H2,44,59)(H,48,66)(H,49,62)(H,50,67)(H,51,68)(H,52,63)(H,53,64)(H,54,65)(H,60,61)(H,70,71)(H4,45,46,47)/t19-,20-,21+,22-,23-,24-,25-,26-,27-,30-,31-,32-/m0/s1. The first-order chi connectivity index (χ1) is 33.2. The summed E-state index contributed by atoms with van der Waals surface area (Å²) in [6.07, 6.45) is -2.53. The van der Waals surface area contributed by atoms with E-state index in [1.165, 1.54) is 13.8 Å². The molecule has 1 aliphatic rings. The number of guanidine groups is 1. The molecule has 0 unspecified atom stereocenters. The fourth-order valence-corrected chi connectivity index (χ4v) is 7.11. The first-order valence-corrected chi connectivity index (χ1v) is 23.1. The molecule has 12 atom stereocenters. The van der Waals surface area contributed by atoms with Crippen LogP contribution >= 0.6 is 0 Å². The Morgan fingerprint density at radius 1 is 0.648 bits per heavy atom. The number of carboxylic acid groups (broad SMARTS) is 2. The molecule has 0 radical (unpaired) electrons. The average Bonchev–Trinajstić information content (AvgIpc) is 3.81. The summed E-state index contributed by atoms with van der Waals surface area (Å²) in [6.45, 7) is 5.82. The fraction of sp³-hybridized carbons (Fsp3) is 0.714. The minimum absolute atomic E-state index is 0.0147. The summed E-state index contributed by atoms with van der Waals surface area (Å²) in [7, 11) is 0. The molecule has 0 saturated carbocycles. The van der Waals surface area contributed by atoms with Gasteiger partial charge in [0, 0.05) is 19.5 Å². The Kier molecular flexibility index (Phi) is 27.0. The second kappa shape index (κ2) is 30.8. The molecule has 0 aliphatic carbocycles. The highest BCUT2D eigenvalue weighted by Crippen LogP contribution is 2.19. The number of carboxylic acids is 2. The SMILES string of the molecule is CC[C@H](C)[C@H](NC(=O)[C@H](CC(=O)O)NC(=O)[C@@H](NC(=O)[C@H](CO)NC(=O)[C@@H](NC(=O)[C@@H]1CCCN1C(=O)[C@@H](N)CO)[C@@H](C)O)[C@@H](C)CC)C(=O)N[C@@H](CCCN=C(N)N)C(=O)N[C@@H](CCC(N)=O)C(=O)O. The predicted octanol–water partition coefficient (Wildman–Crippen LogP) is -6.97. The van der Waals surface area contributed by atoms with Crippen LogP contribution in [0, 0.1) is 11.8 Å². The number of rotatable bonds is 32. The maximum absolute atomic E-state index is 13.9. The third kappa shape index (κ3) is 20.6. The van der Waals surface area contributed by atoms with Crippen molar-refractivity contribution < 1.29 is 78.3 Å². The molecule has 402 valence electrons. The number of carbonyl (C=O) groups excluding carboxylic acids is 9. The van der Waals surface area contributed by atoms with E-state index in [9.17, 15) is 78.3 Å². The lowest BCUT2D eigenvalue weighted by Crippen LogP contribution is -2.63. The number of primary amides is 1. The van der Waals surface area contributed by atoms with Gasteiger partial charge in [-0.05, 0) is 50.9 Å². The highest BCUT2D eigenvalue weighted by Gasteiger charge is 2.40. The van der Waals surface area contributed by atoms with Crippen molar-refractivity contribution in [2.45, 2.75) is 153 Å². The lowest BCUT2D eigenvalue weighted by Gasteiger charge is -2.30. The summed E-state index contributed by atoms with van der Waals surface area (Å²) < 4.78 is 0. The predicted molar refractivity (Wildman–Crippen MR) is 249 cm³/mol. The minimum atomic E-state index is -1.91. The van der Waals surface area contributed by atoms with Crippen LogP contribution in [0.3, 0.4) is 0 Å². The Morgan fingerprint density at radius 2 is 1.14 bits per heavy atom. The Morgan fingerprint density at radius 3 is 1.61 bits per heavy atom. The Bertz CT molecular complexity index is 1920. The lowest BCUT2D eigenvalue weighted by atomic mass is 9.96. The second-order valence-electron chi connectivity index (χ2n) is 17.3. The lowest BCUT2D eigenvalue weighted by molar-refractivity contribution is -0.142. The van der Waals surface area contributed by atoms with Crippen LogP contribution < -0.4 is 60.2 Å². The number of nitrogens with two attached hydrogens (primary N) is 4. The molecular formula is C42H73N13O16. The van der Waals surface area contributed by atoms with Gasteiger partial charge in [-0.15, -0.1) is 0 Å². The van der Waals surface area contributed by atoms with E-state index >= 15 is 0 Å². The van der Waals surface area contributed by atoms with Gasteiger partial charge in [0.1, 0.15) is 54.4 Å². The summed E-state index contributed by atoms with van der Waals surface area (Å²) >= 11 is 0. The van der Waals surface area contributed by atoms with Crippen molar-refractivity contribution in [3.8, 4) is 0 Å². The third-order valence-corrected chi connectivity index (χ3v) is 11.7. The summed E-state index contributed by atoms with van der Waals surface area (Å²) in [4.78, 5) is 148. The quantitative estimate of drug-likeness (QED) is 0.0169. The smallest absolute Gasteiger partial charge is 0.326 e. The van der Waals surface area contributed by atoms with E-state index in [1.54, 1.807) is 13.8 Å². The zero-order valence-electron chi connectivity index (χ0n) is 40.6. The third-order valence-electron chi connectivity index (χ3n) is 11.7. The van der Waals surface area contributed by atoms with Crippen LogP contribution in [-0.2, 0) is 52.7 Å². The molecule has 1 aliphatic heterocycles. The molecule has 0 aromatic rings. The van der Waals surface area contributed by atoms with Gasteiger partial charge in [-0.3, -0.25) is 52.9 Å². The Hall–Kier alpha value is -6.72. The highest BCUT2D eigenvalue weighted by atomic mass is 16.4. The van der Waals surface area contributed by atoms with Crippen molar-refractivity contribution in [2.24, 2.45) is 39.8 Å². The monoisotopic (exact) mass is 1020 g/mol. The molecule has 0 bridgehead atoms. The Labute approximate surface area is 409 Å². The number of hydrogen-bond acceptors (Lipinski definition) is 16. The number of aliphatic carboxylic acids is 2. The van der Waals surface area contributed by atoms with Crippen molar-refractivity contribution in [1.82, 2.24) is 42.1 Å². The van der Waals surface area contributed by atoms with Gasteiger partial charge >= 0.3 is 11.9 Å². The summed E-state index contributed by atoms with van der Waals surface area (Å²) in [5.74, 6) is -13.8. The van der Waals surface area contributed by atoms with Gasteiger partial charge in [0.25, 0.3) is 0 Å². The molecule has 0 spiro atoms. The first-order valence-electron chi connectivity index (χ1n) is 23.1. The van der Waals surface area contributed by atoms with Gasteiger partial charge in [0.15, 0.2) is 5.96 Å². The number of likely N-dealkylation sites (tertiary alicyclic amines) is 1. The number of aliphatic imine (C=N–C) groups is 1. The largest absolute Gasteiger partial charge is 0.481 e. The van der Waals surface area contributed by atoms with E-state index in [-0.39, 0.29) is 57.6 Å². The van der Waals surface area contributed by atoms with Crippen LogP contribution in [0.5, 0.6) is 0 Å². The highest BCUT2D eigenvalue weighted by molar-refractivity contribution is 5.99. The topological polar surface area (TPSA) is 493 Å². The van der Waals surface area contributed by atoms with Crippen LogP contribution in [0.15, 0.2) is 4.99 Å². The number of nitrogens with one attached hydrogen (secondary N) is 7. The molecule has 0 aromatic heterocycles. The number of hydrogen-bond donors (Lipinski definition) is 16. The summed E-state index contributed by atoms with van der Waals surface area (Å²) in [6, 6.07) is -14.0. The second-order valence-corrected chi connectivity index (χ2v) is 17.3. The first kappa shape index (κ1) is 62.3. The molecule has 20 N–H and O–H groups in total. The Balaban J connectivity index is 3.36. The summed E-state index contributed by atoms with van der Waals surface area (Å²) in [5.41, 5.74) is 21.5. The zero-order valence-corrected chi connectivity index (χ0v) is 40.6. The van der Waals surface area contributed by atoms with Crippen molar-refractivity contribution in [2.75, 3.05) is 26.3 Å². The van der Waals surface area contributed by atoms with Gasteiger partial charge in [0.05, 0.1) is 25.7 Å². The maximum atomic E-state index is 13.9. The van der Waals surface area contributed by atoms with E-state index < -0.39 is 163 Å². The number of amides is 9. The van der Waals surface area contributed by atoms with Crippen LogP contribution in [0.1, 0.15) is 92.4 Å². The molecule has 71 heavy (non-hydrogen) atoms. The summed E-state index contributed by atoms with van der Waals surface area (Å²) in [5, 5.41) is 65.7. The molecule has 1 saturated heterocycles. The van der Waals surface area contributed by atoms with Gasteiger partial charge in [0.2, 0.25) is 53.2 Å². The molecule has 0 aromatic carbocycles. The molecular weight excluding hydrogens is 943 g/mol. The van der Waals surface area contributed by atoms with Gasteiger partial charge < -0.3 is 90.6 Å². The van der Waals surface area contributed by atoms with E-state index in [2.05, 4.69) is 42.2 Å². The molecule has 29 heteroatoms. The molecule has 1 rings (SSSR count). The van der Waals surface area contributed by atoms with Crippen molar-refractivity contribution in [1.29, 1.82) is 0 Å². The minimum Gasteiger partial charge on any atom is -0.481 e. The van der Waals surface area contributed by atoms with Gasteiger partial charge in [-0.2, -0.15) is 0 Å². The molecule has 9 amide bonds. The molecule has 1 heterocycles. The number of aliphatic hydroxyl groups excluding tert-OH is 3. The van der Waals surface area contributed by atoms with Crippen LogP contribution in [0.25, 0.3) is 0 Å². The molecule has 1 fully saturated rings. The van der Waals surface area contributed by atoms with E-state index in [0.717, 1.165) is 11.8 Å². The fourth-order valence-electron chi connectivity index (χ4n) is 7.11. The van der Waals surface area contributed by atoms with Gasteiger partial charge in [-0.1, -0.05) is 40.5 Å². The van der Waals surface area contributed by atoms with Crippen LogP contribution in [-0.4, -0.2) is 188 Å². The zero-order chi connectivity index (χ0) is 54.3.